The first-order valence-electron chi connectivity index (χ1n) is 4.92. The average Bonchev–Trinajstić information content (AvgIpc) is 2.65. The Morgan fingerprint density at radius 3 is 3.06 bits per heavy atom. The molecule has 1 atom stereocenters. The number of aliphatic hydroxyl groups excluding tert-OH is 1. The number of rotatable bonds is 7. The molecule has 1 aromatic heterocycles. The first-order chi connectivity index (χ1) is 7.65. The highest BCUT2D eigenvalue weighted by molar-refractivity contribution is 7.15. The van der Waals surface area contributed by atoms with Crippen molar-refractivity contribution in [3.8, 4) is 0 Å². The van der Waals surface area contributed by atoms with E-state index in [2.05, 4.69) is 10.4 Å². The molecule has 0 amide bonds. The molecule has 0 aliphatic heterocycles. The smallest absolute Gasteiger partial charge is 0.197 e. The van der Waals surface area contributed by atoms with Gasteiger partial charge >= 0.3 is 0 Å². The predicted molar refractivity (Wildman–Crippen MR) is 64.1 cm³/mol. The Morgan fingerprint density at radius 2 is 2.50 bits per heavy atom. The third-order valence-electron chi connectivity index (χ3n) is 1.98. The summed E-state index contributed by atoms with van der Waals surface area (Å²) in [4.78, 5) is 7.18. The summed E-state index contributed by atoms with van der Waals surface area (Å²) >= 11 is 1.50. The van der Waals surface area contributed by atoms with Gasteiger partial charge in [-0.2, -0.15) is 0 Å². The highest BCUT2D eigenvalue weighted by atomic mass is 32.1. The summed E-state index contributed by atoms with van der Waals surface area (Å²) in [5, 5.41) is 10.2. The number of nitrogen functional groups attached to an aromatic ring is 1. The van der Waals surface area contributed by atoms with Gasteiger partial charge in [-0.3, -0.25) is 10.3 Å². The lowest BCUT2D eigenvalue weighted by molar-refractivity contribution is 0.0420. The molecule has 1 rings (SSSR count). The lowest BCUT2D eigenvalue weighted by Crippen LogP contribution is -2.31. The maximum absolute atomic E-state index is 9.54. The first kappa shape index (κ1) is 13.3. The van der Waals surface area contributed by atoms with Crippen LogP contribution in [0.4, 0.5) is 5.13 Å². The second-order valence-corrected chi connectivity index (χ2v) is 4.70. The summed E-state index contributed by atoms with van der Waals surface area (Å²) in [5.74, 6) is 5.24. The molecule has 0 aliphatic rings. The van der Waals surface area contributed by atoms with E-state index in [4.69, 9.17) is 10.6 Å². The standard InChI is InChI=1S/C9H18N4O2S/c1-13(4-7(14)6-15-2)5-8-3-11-9(12-10)16-8/h3,7,14H,4-6,10H2,1-2H3,(H,11,12). The van der Waals surface area contributed by atoms with Gasteiger partial charge in [0.25, 0.3) is 0 Å². The molecule has 1 aromatic rings. The normalized spacial score (nSPS) is 13.1. The Morgan fingerprint density at radius 1 is 1.75 bits per heavy atom. The fourth-order valence-corrected chi connectivity index (χ4v) is 2.19. The lowest BCUT2D eigenvalue weighted by atomic mass is 10.3. The topological polar surface area (TPSA) is 83.6 Å². The van der Waals surface area contributed by atoms with Crippen molar-refractivity contribution in [3.63, 3.8) is 0 Å². The van der Waals surface area contributed by atoms with E-state index in [1.165, 1.54) is 11.3 Å². The van der Waals surface area contributed by atoms with Crippen LogP contribution in [0.1, 0.15) is 4.88 Å². The summed E-state index contributed by atoms with van der Waals surface area (Å²) in [6.07, 6.45) is 1.31. The zero-order valence-corrected chi connectivity index (χ0v) is 10.3. The number of likely N-dealkylation sites (N-methyl/N-ethyl adjacent to an activating group) is 1. The van der Waals surface area contributed by atoms with Crippen molar-refractivity contribution in [1.82, 2.24) is 9.88 Å². The number of hydrazine groups is 1. The van der Waals surface area contributed by atoms with Crippen LogP contribution < -0.4 is 11.3 Å². The van der Waals surface area contributed by atoms with Crippen LogP contribution in [0, 0.1) is 0 Å². The largest absolute Gasteiger partial charge is 0.389 e. The first-order valence-corrected chi connectivity index (χ1v) is 5.74. The van der Waals surface area contributed by atoms with Crippen molar-refractivity contribution in [2.45, 2.75) is 12.6 Å². The van der Waals surface area contributed by atoms with E-state index in [1.54, 1.807) is 13.3 Å². The second-order valence-electron chi connectivity index (χ2n) is 3.58. The minimum Gasteiger partial charge on any atom is -0.389 e. The molecule has 1 heterocycles. The number of ether oxygens (including phenoxy) is 1. The van der Waals surface area contributed by atoms with Crippen molar-refractivity contribution in [1.29, 1.82) is 0 Å². The van der Waals surface area contributed by atoms with Gasteiger partial charge in [-0.05, 0) is 7.05 Å². The van der Waals surface area contributed by atoms with Crippen LogP contribution in [0.25, 0.3) is 0 Å². The van der Waals surface area contributed by atoms with Gasteiger partial charge in [0, 0.05) is 31.3 Å². The molecule has 6 nitrogen and oxygen atoms in total. The van der Waals surface area contributed by atoms with Gasteiger partial charge in [-0.15, -0.1) is 0 Å². The van der Waals surface area contributed by atoms with Crippen LogP contribution >= 0.6 is 11.3 Å². The molecule has 4 N–H and O–H groups in total. The van der Waals surface area contributed by atoms with Crippen LogP contribution in [0.2, 0.25) is 0 Å². The number of methoxy groups -OCH3 is 1. The van der Waals surface area contributed by atoms with Crippen molar-refractivity contribution in [3.05, 3.63) is 11.1 Å². The van der Waals surface area contributed by atoms with Gasteiger partial charge in [-0.1, -0.05) is 11.3 Å². The molecule has 16 heavy (non-hydrogen) atoms. The summed E-state index contributed by atoms with van der Waals surface area (Å²) in [6, 6.07) is 0. The number of thiazole rings is 1. The summed E-state index contributed by atoms with van der Waals surface area (Å²) in [5.41, 5.74) is 2.50. The monoisotopic (exact) mass is 246 g/mol. The number of aromatic nitrogens is 1. The number of nitrogens with one attached hydrogen (secondary N) is 1. The molecular weight excluding hydrogens is 228 g/mol. The molecule has 0 saturated heterocycles. The number of anilines is 1. The fraction of sp³-hybridized carbons (Fsp3) is 0.667. The molecular formula is C9H18N4O2S. The molecule has 1 unspecified atom stereocenters. The fourth-order valence-electron chi connectivity index (χ4n) is 1.38. The van der Waals surface area contributed by atoms with Crippen LogP contribution in [0.15, 0.2) is 6.20 Å². The Hall–Kier alpha value is -0.730. The lowest BCUT2D eigenvalue weighted by Gasteiger charge is -2.18. The zero-order chi connectivity index (χ0) is 12.0. The van der Waals surface area contributed by atoms with Crippen molar-refractivity contribution < 1.29 is 9.84 Å². The molecule has 0 bridgehead atoms. The molecule has 92 valence electrons. The number of hydrogen-bond donors (Lipinski definition) is 3. The third kappa shape index (κ3) is 4.42. The van der Waals surface area contributed by atoms with Gasteiger partial charge in [0.15, 0.2) is 5.13 Å². The highest BCUT2D eigenvalue weighted by Crippen LogP contribution is 2.18. The van der Waals surface area contributed by atoms with Gasteiger partial charge in [-0.25, -0.2) is 10.8 Å². The Labute approximate surface area is 99.0 Å². The molecule has 7 heteroatoms. The van der Waals surface area contributed by atoms with Crippen LogP contribution in [0.5, 0.6) is 0 Å². The molecule has 0 spiro atoms. The minimum absolute atomic E-state index is 0.350. The Bertz CT molecular complexity index is 307. The minimum atomic E-state index is -0.463. The molecule has 0 fully saturated rings. The van der Waals surface area contributed by atoms with E-state index >= 15 is 0 Å². The van der Waals surface area contributed by atoms with E-state index in [1.807, 2.05) is 11.9 Å². The number of hydrogen-bond acceptors (Lipinski definition) is 7. The second kappa shape index (κ2) is 6.77. The number of aliphatic hydroxyl groups is 1. The maximum Gasteiger partial charge on any atom is 0.197 e. The van der Waals surface area contributed by atoms with Gasteiger partial charge in [0.2, 0.25) is 0 Å². The Kier molecular flexibility index (Phi) is 5.64. The molecule has 0 aromatic carbocycles. The van der Waals surface area contributed by atoms with Crippen molar-refractivity contribution in [2.75, 3.05) is 32.7 Å². The van der Waals surface area contributed by atoms with Crippen LogP contribution in [-0.2, 0) is 11.3 Å². The van der Waals surface area contributed by atoms with Crippen LogP contribution in [0.3, 0.4) is 0 Å². The molecule has 0 aliphatic carbocycles. The zero-order valence-electron chi connectivity index (χ0n) is 9.51. The molecule has 0 radical (unpaired) electrons. The quantitative estimate of drug-likeness (QED) is 0.459. The highest BCUT2D eigenvalue weighted by Gasteiger charge is 2.09. The van der Waals surface area contributed by atoms with E-state index in [-0.39, 0.29) is 0 Å². The summed E-state index contributed by atoms with van der Waals surface area (Å²) in [7, 11) is 3.51. The van der Waals surface area contributed by atoms with Crippen LogP contribution in [-0.4, -0.2) is 48.4 Å². The van der Waals surface area contributed by atoms with Crippen molar-refractivity contribution >= 4 is 16.5 Å². The van der Waals surface area contributed by atoms with Gasteiger partial charge < -0.3 is 9.84 Å². The SMILES string of the molecule is COCC(O)CN(C)Cc1cnc(NN)s1. The predicted octanol–water partition coefficient (Wildman–Crippen LogP) is -0.132. The van der Waals surface area contributed by atoms with E-state index in [0.717, 1.165) is 11.4 Å². The van der Waals surface area contributed by atoms with Gasteiger partial charge in [0.1, 0.15) is 0 Å². The van der Waals surface area contributed by atoms with Gasteiger partial charge in [0.05, 0.1) is 12.7 Å². The van der Waals surface area contributed by atoms with Crippen molar-refractivity contribution in [2.24, 2.45) is 5.84 Å². The van der Waals surface area contributed by atoms with E-state index in [9.17, 15) is 5.11 Å². The maximum atomic E-state index is 9.54. The summed E-state index contributed by atoms with van der Waals surface area (Å²) in [6.45, 7) is 1.65. The third-order valence-corrected chi connectivity index (χ3v) is 2.90. The molecule has 0 saturated carbocycles. The summed E-state index contributed by atoms with van der Waals surface area (Å²) < 4.78 is 4.86. The average molecular weight is 246 g/mol. The van der Waals surface area contributed by atoms with E-state index in [0.29, 0.717) is 18.3 Å². The van der Waals surface area contributed by atoms with E-state index < -0.39 is 6.10 Å². The number of nitrogens with zero attached hydrogens (tertiary/aromatic N) is 2. The number of nitrogens with two attached hydrogens (primary N) is 1. The Balaban J connectivity index is 2.35.